The Hall–Kier alpha value is -2.18. The highest BCUT2D eigenvalue weighted by atomic mass is 16.5. The van der Waals surface area contributed by atoms with Crippen molar-refractivity contribution < 1.29 is 29.2 Å². The maximum absolute atomic E-state index is 9.85. The minimum atomic E-state index is -0.0714. The summed E-state index contributed by atoms with van der Waals surface area (Å²) in [5.74, 6) is 2.06. The average Bonchev–Trinajstić information content (AvgIpc) is 3.25. The predicted octanol–water partition coefficient (Wildman–Crippen LogP) is 3.10. The molecular formula is C20H24O6. The normalized spacial score (nSPS) is 33.4. The van der Waals surface area contributed by atoms with Gasteiger partial charge in [0.2, 0.25) is 0 Å². The summed E-state index contributed by atoms with van der Waals surface area (Å²) in [6, 6.07) is 5.35. The number of rotatable bonds is 4. The number of methoxy groups -OCH3 is 2. The van der Waals surface area contributed by atoms with E-state index in [4.69, 9.17) is 18.9 Å². The van der Waals surface area contributed by atoms with E-state index in [0.717, 1.165) is 5.56 Å². The minimum absolute atomic E-state index is 0.0403. The maximum atomic E-state index is 9.85. The molecule has 2 heterocycles. The summed E-state index contributed by atoms with van der Waals surface area (Å²) in [6.07, 6.45) is 4.30. The van der Waals surface area contributed by atoms with Gasteiger partial charge in [0.15, 0.2) is 17.3 Å². The second-order valence-corrected chi connectivity index (χ2v) is 7.05. The number of phenols is 1. The lowest BCUT2D eigenvalue weighted by molar-refractivity contribution is 0.00212. The monoisotopic (exact) mass is 360 g/mol. The van der Waals surface area contributed by atoms with Crippen LogP contribution in [0.4, 0.5) is 0 Å². The molecule has 0 amide bonds. The Labute approximate surface area is 152 Å². The largest absolute Gasteiger partial charge is 0.505 e. The van der Waals surface area contributed by atoms with Gasteiger partial charge in [-0.05, 0) is 23.8 Å². The van der Waals surface area contributed by atoms with Gasteiger partial charge >= 0.3 is 0 Å². The van der Waals surface area contributed by atoms with Crippen LogP contribution in [0.1, 0.15) is 18.1 Å². The van der Waals surface area contributed by atoms with E-state index >= 15 is 0 Å². The average molecular weight is 360 g/mol. The van der Waals surface area contributed by atoms with Gasteiger partial charge in [-0.15, -0.1) is 0 Å². The minimum Gasteiger partial charge on any atom is -0.505 e. The van der Waals surface area contributed by atoms with Gasteiger partial charge in [0.05, 0.1) is 39.6 Å². The molecule has 1 aromatic carbocycles. The van der Waals surface area contributed by atoms with Crippen LogP contribution < -0.4 is 4.74 Å². The third-order valence-corrected chi connectivity index (χ3v) is 5.72. The van der Waals surface area contributed by atoms with Gasteiger partial charge in [-0.2, -0.15) is 0 Å². The van der Waals surface area contributed by atoms with E-state index in [2.05, 4.69) is 0 Å². The van der Waals surface area contributed by atoms with Crippen molar-refractivity contribution in [2.24, 2.45) is 17.8 Å². The molecule has 140 valence electrons. The van der Waals surface area contributed by atoms with Crippen molar-refractivity contribution in [2.75, 3.05) is 27.4 Å². The molecule has 0 bridgehead atoms. The summed E-state index contributed by atoms with van der Waals surface area (Å²) in [5, 5.41) is 19.7. The smallest absolute Gasteiger partial charge is 0.160 e. The van der Waals surface area contributed by atoms with Crippen molar-refractivity contribution in [1.29, 1.82) is 0 Å². The SMILES string of the molecule is COC1=C(O)C=CC([C@H]2OC[C@H]3[C@@H]2CO[C@@H]3c2ccc(O)c(OC)c2)C1. The van der Waals surface area contributed by atoms with Gasteiger partial charge in [-0.25, -0.2) is 0 Å². The van der Waals surface area contributed by atoms with E-state index in [1.807, 2.05) is 18.2 Å². The second-order valence-electron chi connectivity index (χ2n) is 7.05. The van der Waals surface area contributed by atoms with Gasteiger partial charge in [0, 0.05) is 24.2 Å². The van der Waals surface area contributed by atoms with E-state index in [0.29, 0.717) is 31.1 Å². The first-order chi connectivity index (χ1) is 12.6. The van der Waals surface area contributed by atoms with Gasteiger partial charge in [0.1, 0.15) is 5.76 Å². The van der Waals surface area contributed by atoms with E-state index < -0.39 is 0 Å². The Morgan fingerprint density at radius 1 is 1.04 bits per heavy atom. The lowest BCUT2D eigenvalue weighted by Gasteiger charge is -2.27. The van der Waals surface area contributed by atoms with Crippen LogP contribution in [-0.2, 0) is 14.2 Å². The van der Waals surface area contributed by atoms with Crippen LogP contribution in [0, 0.1) is 17.8 Å². The number of benzene rings is 1. The number of hydrogen-bond donors (Lipinski definition) is 2. The Morgan fingerprint density at radius 2 is 1.85 bits per heavy atom. The molecule has 1 unspecified atom stereocenters. The van der Waals surface area contributed by atoms with Crippen molar-refractivity contribution in [3.05, 3.63) is 47.4 Å². The van der Waals surface area contributed by atoms with Crippen molar-refractivity contribution in [1.82, 2.24) is 0 Å². The predicted molar refractivity (Wildman–Crippen MR) is 94.0 cm³/mol. The van der Waals surface area contributed by atoms with Gasteiger partial charge in [-0.3, -0.25) is 0 Å². The number of fused-ring (bicyclic) bond motifs is 1. The molecule has 2 N–H and O–H groups in total. The van der Waals surface area contributed by atoms with Crippen molar-refractivity contribution in [3.63, 3.8) is 0 Å². The van der Waals surface area contributed by atoms with Gasteiger partial charge in [-0.1, -0.05) is 12.1 Å². The Balaban J connectivity index is 1.51. The van der Waals surface area contributed by atoms with Crippen molar-refractivity contribution in [2.45, 2.75) is 18.6 Å². The van der Waals surface area contributed by atoms with Crippen LogP contribution in [0.3, 0.4) is 0 Å². The van der Waals surface area contributed by atoms with Gasteiger partial charge in [0.25, 0.3) is 0 Å². The molecule has 1 aliphatic carbocycles. The Bertz CT molecular complexity index is 740. The van der Waals surface area contributed by atoms with Crippen LogP contribution in [-0.4, -0.2) is 43.8 Å². The van der Waals surface area contributed by atoms with Crippen molar-refractivity contribution in [3.8, 4) is 11.5 Å². The molecule has 0 aromatic heterocycles. The van der Waals surface area contributed by atoms with E-state index in [-0.39, 0.29) is 41.5 Å². The van der Waals surface area contributed by atoms with Crippen LogP contribution in [0.15, 0.2) is 41.9 Å². The van der Waals surface area contributed by atoms with E-state index in [9.17, 15) is 10.2 Å². The number of aliphatic hydroxyl groups is 1. The fourth-order valence-corrected chi connectivity index (χ4v) is 4.35. The zero-order valence-electron chi connectivity index (χ0n) is 14.9. The number of phenolic OH excluding ortho intramolecular Hbond substituents is 1. The number of allylic oxidation sites excluding steroid dienone is 2. The van der Waals surface area contributed by atoms with E-state index in [1.54, 1.807) is 19.3 Å². The van der Waals surface area contributed by atoms with Crippen LogP contribution in [0.5, 0.6) is 11.5 Å². The topological polar surface area (TPSA) is 77.4 Å². The molecule has 2 aliphatic heterocycles. The van der Waals surface area contributed by atoms with Crippen LogP contribution >= 0.6 is 0 Å². The quantitative estimate of drug-likeness (QED) is 0.859. The third kappa shape index (κ3) is 2.83. The first kappa shape index (κ1) is 17.2. The Kier molecular flexibility index (Phi) is 4.54. The molecular weight excluding hydrogens is 336 g/mol. The number of ether oxygens (including phenoxy) is 4. The highest BCUT2D eigenvalue weighted by Crippen LogP contribution is 2.48. The standard InChI is InChI=1S/C20H24O6/c1-23-17-7-11(3-5-15(17)21)19-13-9-26-20(14(13)10-25-19)12-4-6-16(22)18(8-12)24-2/h3-7,12-14,19-22H,8-10H2,1-2H3/t12?,13-,14-,19+,20+/m0/s1. The van der Waals surface area contributed by atoms with E-state index in [1.165, 1.54) is 7.11 Å². The molecule has 2 fully saturated rings. The molecule has 5 atom stereocenters. The summed E-state index contributed by atoms with van der Waals surface area (Å²) in [5.41, 5.74) is 0.991. The fraction of sp³-hybridized carbons (Fsp3) is 0.500. The molecule has 2 saturated heterocycles. The molecule has 0 radical (unpaired) electrons. The molecule has 6 nitrogen and oxygen atoms in total. The van der Waals surface area contributed by atoms with Crippen LogP contribution in [0.25, 0.3) is 0 Å². The van der Waals surface area contributed by atoms with Crippen LogP contribution in [0.2, 0.25) is 0 Å². The lowest BCUT2D eigenvalue weighted by Crippen LogP contribution is -2.29. The highest BCUT2D eigenvalue weighted by Gasteiger charge is 2.50. The molecule has 26 heavy (non-hydrogen) atoms. The fourth-order valence-electron chi connectivity index (χ4n) is 4.35. The molecule has 4 rings (SSSR count). The molecule has 0 saturated carbocycles. The molecule has 0 spiro atoms. The van der Waals surface area contributed by atoms with Crippen molar-refractivity contribution >= 4 is 0 Å². The summed E-state index contributed by atoms with van der Waals surface area (Å²) in [7, 11) is 3.12. The molecule has 3 aliphatic rings. The third-order valence-electron chi connectivity index (χ3n) is 5.72. The zero-order valence-corrected chi connectivity index (χ0v) is 14.9. The molecule has 6 heteroatoms. The van der Waals surface area contributed by atoms with Gasteiger partial charge < -0.3 is 29.2 Å². The number of aliphatic hydroxyl groups excluding tert-OH is 1. The Morgan fingerprint density at radius 3 is 2.62 bits per heavy atom. The highest BCUT2D eigenvalue weighted by molar-refractivity contribution is 5.43. The number of hydrogen-bond acceptors (Lipinski definition) is 6. The summed E-state index contributed by atoms with van der Waals surface area (Å²) in [4.78, 5) is 0. The first-order valence-electron chi connectivity index (χ1n) is 8.86. The summed E-state index contributed by atoms with van der Waals surface area (Å²) < 4.78 is 22.8. The second kappa shape index (κ2) is 6.85. The summed E-state index contributed by atoms with van der Waals surface area (Å²) in [6.45, 7) is 1.26. The molecule has 1 aromatic rings. The lowest BCUT2D eigenvalue weighted by atomic mass is 9.80. The maximum Gasteiger partial charge on any atom is 0.160 e. The summed E-state index contributed by atoms with van der Waals surface area (Å²) >= 11 is 0. The number of aromatic hydroxyl groups is 1. The zero-order chi connectivity index (χ0) is 18.3. The first-order valence-corrected chi connectivity index (χ1v) is 8.86.